The summed E-state index contributed by atoms with van der Waals surface area (Å²) in [5.41, 5.74) is 1.49. The van der Waals surface area contributed by atoms with E-state index in [1.807, 2.05) is 39.0 Å². The number of hydrogen-bond donors (Lipinski definition) is 3. The Morgan fingerprint density at radius 3 is 2.60 bits per heavy atom. The van der Waals surface area contributed by atoms with Crippen molar-refractivity contribution in [3.05, 3.63) is 35.9 Å². The fraction of sp³-hybridized carbons (Fsp3) is 0.703. The average Bonchev–Trinajstić information content (AvgIpc) is 3.37. The second-order valence-corrected chi connectivity index (χ2v) is 16.3. The number of anilines is 1. The van der Waals surface area contributed by atoms with E-state index in [9.17, 15) is 19.5 Å². The summed E-state index contributed by atoms with van der Waals surface area (Å²) in [7, 11) is 0. The van der Waals surface area contributed by atoms with E-state index in [-0.39, 0.29) is 46.3 Å². The molecule has 1 aliphatic heterocycles. The van der Waals surface area contributed by atoms with Crippen molar-refractivity contribution in [2.24, 2.45) is 34.0 Å². The molecule has 4 aliphatic rings. The number of rotatable bonds is 7. The number of hydrogen-bond acceptors (Lipinski definition) is 7. The van der Waals surface area contributed by atoms with Gasteiger partial charge in [0, 0.05) is 28.3 Å². The Bertz CT molecular complexity index is 1330. The summed E-state index contributed by atoms with van der Waals surface area (Å²) in [6, 6.07) is 3.85. The van der Waals surface area contributed by atoms with Gasteiger partial charge in [0.05, 0.1) is 17.9 Å². The van der Waals surface area contributed by atoms with Gasteiger partial charge in [0.25, 0.3) is 0 Å². The van der Waals surface area contributed by atoms with Gasteiger partial charge in [0.1, 0.15) is 11.9 Å². The van der Waals surface area contributed by atoms with Gasteiger partial charge in [0.2, 0.25) is 5.91 Å². The summed E-state index contributed by atoms with van der Waals surface area (Å²) in [5.74, 6) is 0.195. The van der Waals surface area contributed by atoms with E-state index >= 15 is 0 Å². The number of aliphatic hydroxyl groups is 1. The number of esters is 1. The number of piperidine rings is 1. The zero-order valence-corrected chi connectivity index (χ0v) is 29.0. The fourth-order valence-corrected chi connectivity index (χ4v) is 10.4. The molecule has 3 N–H and O–H groups in total. The van der Waals surface area contributed by atoms with Gasteiger partial charge >= 0.3 is 5.97 Å². The molecule has 3 aliphatic carbocycles. The number of aryl methyl sites for hydroxylation is 1. The van der Waals surface area contributed by atoms with Crippen LogP contribution in [0.2, 0.25) is 0 Å². The normalized spacial score (nSPS) is 38.3. The highest BCUT2D eigenvalue weighted by Crippen LogP contribution is 2.66. The van der Waals surface area contributed by atoms with Gasteiger partial charge in [-0.05, 0) is 111 Å². The highest BCUT2D eigenvalue weighted by molar-refractivity contribution is 8.00. The Morgan fingerprint density at radius 1 is 1.16 bits per heavy atom. The summed E-state index contributed by atoms with van der Waals surface area (Å²) >= 11 is 1.42. The summed E-state index contributed by atoms with van der Waals surface area (Å²) in [6.07, 6.45) is 8.05. The van der Waals surface area contributed by atoms with Crippen molar-refractivity contribution in [3.8, 4) is 0 Å². The Labute approximate surface area is 274 Å². The third-order valence-corrected chi connectivity index (χ3v) is 13.6. The quantitative estimate of drug-likeness (QED) is 0.172. The second kappa shape index (κ2) is 13.2. The van der Waals surface area contributed by atoms with Gasteiger partial charge in [-0.1, -0.05) is 40.2 Å². The maximum atomic E-state index is 13.6. The summed E-state index contributed by atoms with van der Waals surface area (Å²) < 4.78 is 6.31. The van der Waals surface area contributed by atoms with Crippen molar-refractivity contribution in [2.45, 2.75) is 122 Å². The number of nitrogens with one attached hydrogen (secondary N) is 2. The lowest BCUT2D eigenvalue weighted by atomic mass is 9.48. The SMILES string of the molecule is C=C[C@]1(C)C[C@@H](OC(=O)CSc2cc(C)cc(NC(=O)C3CCCCN3)c2C)C[C@@]2(C)C3C(=O)CCC3(CC[C@H]2C)[C@@H](C)C1O. The molecule has 9 atom stereocenters. The smallest absolute Gasteiger partial charge is 0.316 e. The maximum absolute atomic E-state index is 13.6. The van der Waals surface area contributed by atoms with E-state index in [1.54, 1.807) is 0 Å². The van der Waals surface area contributed by atoms with Gasteiger partial charge in [-0.25, -0.2) is 0 Å². The zero-order chi connectivity index (χ0) is 32.7. The van der Waals surface area contributed by atoms with E-state index in [4.69, 9.17) is 4.74 Å². The predicted octanol–water partition coefficient (Wildman–Crippen LogP) is 6.77. The lowest BCUT2D eigenvalue weighted by Gasteiger charge is -2.56. The van der Waals surface area contributed by atoms with Crippen LogP contribution in [0, 0.1) is 47.8 Å². The number of ketones is 1. The molecule has 8 heteroatoms. The van der Waals surface area contributed by atoms with Crippen molar-refractivity contribution >= 4 is 35.1 Å². The van der Waals surface area contributed by atoms with Crippen molar-refractivity contribution in [1.29, 1.82) is 0 Å². The van der Waals surface area contributed by atoms with Gasteiger partial charge in [0.15, 0.2) is 0 Å². The van der Waals surface area contributed by atoms with Crippen LogP contribution < -0.4 is 10.6 Å². The Kier molecular flexibility index (Phi) is 9.99. The fourth-order valence-electron chi connectivity index (χ4n) is 9.50. The molecule has 0 aromatic heterocycles. The minimum absolute atomic E-state index is 0.0177. The Morgan fingerprint density at radius 2 is 1.91 bits per heavy atom. The molecule has 1 saturated heterocycles. The molecule has 4 fully saturated rings. The van der Waals surface area contributed by atoms with Gasteiger partial charge in [-0.2, -0.15) is 0 Å². The molecule has 45 heavy (non-hydrogen) atoms. The lowest BCUT2D eigenvalue weighted by molar-refractivity contribution is -0.154. The molecule has 1 heterocycles. The van der Waals surface area contributed by atoms with Crippen LogP contribution in [0.15, 0.2) is 29.7 Å². The van der Waals surface area contributed by atoms with E-state index in [2.05, 4.69) is 38.0 Å². The number of Topliss-reactive ketones (excluding diaryl/α,β-unsaturated/α-hetero) is 1. The third kappa shape index (κ3) is 6.40. The van der Waals surface area contributed by atoms with E-state index in [0.29, 0.717) is 31.0 Å². The summed E-state index contributed by atoms with van der Waals surface area (Å²) in [6.45, 7) is 17.6. The lowest BCUT2D eigenvalue weighted by Crippen LogP contribution is -2.54. The van der Waals surface area contributed by atoms with Gasteiger partial charge in [-0.15, -0.1) is 18.3 Å². The number of carbonyl (C=O) groups excluding carboxylic acids is 3. The van der Waals surface area contributed by atoms with Crippen molar-refractivity contribution < 1.29 is 24.2 Å². The van der Waals surface area contributed by atoms with Crippen molar-refractivity contribution in [2.75, 3.05) is 17.6 Å². The van der Waals surface area contributed by atoms with Gasteiger partial charge < -0.3 is 20.5 Å². The van der Waals surface area contributed by atoms with Crippen LogP contribution in [0.25, 0.3) is 0 Å². The van der Waals surface area contributed by atoms with Crippen LogP contribution in [0.1, 0.15) is 96.6 Å². The standard InChI is InChI=1S/C37H54N2O5S/c1-8-35(6)19-26(20-36(7)23(3)12-14-37(25(5)33(35)42)15-13-29(40)32(36)37)44-31(41)21-45-30-18-22(2)17-28(24(30)4)39-34(43)27-11-9-10-16-38-27/h8,17-18,23,25-27,32-33,38,42H,1,9-16,19-21H2,2-7H3,(H,39,43)/t23-,25+,26-,27?,32?,33?,35-,36-,37?/m1/s1. The van der Waals surface area contributed by atoms with Crippen LogP contribution in [0.5, 0.6) is 0 Å². The van der Waals surface area contributed by atoms with Crippen molar-refractivity contribution in [3.63, 3.8) is 0 Å². The topological polar surface area (TPSA) is 105 Å². The predicted molar refractivity (Wildman–Crippen MR) is 180 cm³/mol. The molecule has 1 amide bonds. The van der Waals surface area contributed by atoms with E-state index < -0.39 is 17.6 Å². The first-order chi connectivity index (χ1) is 21.2. The molecule has 1 aromatic rings. The van der Waals surface area contributed by atoms with Crippen LogP contribution in [-0.2, 0) is 19.1 Å². The van der Waals surface area contributed by atoms with Crippen LogP contribution in [0.3, 0.4) is 0 Å². The average molecular weight is 639 g/mol. The molecule has 4 unspecified atom stereocenters. The molecular weight excluding hydrogens is 584 g/mol. The van der Waals surface area contributed by atoms with Gasteiger partial charge in [-0.3, -0.25) is 14.4 Å². The molecule has 0 spiro atoms. The summed E-state index contributed by atoms with van der Waals surface area (Å²) in [4.78, 5) is 41.0. The zero-order valence-electron chi connectivity index (χ0n) is 28.2. The number of ether oxygens (including phenoxy) is 1. The first-order valence-electron chi connectivity index (χ1n) is 17.1. The molecule has 7 nitrogen and oxygen atoms in total. The maximum Gasteiger partial charge on any atom is 0.316 e. The molecule has 2 bridgehead atoms. The molecular formula is C37H54N2O5S. The van der Waals surface area contributed by atoms with E-state index in [1.165, 1.54) is 11.8 Å². The molecule has 248 valence electrons. The minimum Gasteiger partial charge on any atom is -0.462 e. The molecule has 0 radical (unpaired) electrons. The van der Waals surface area contributed by atoms with Crippen LogP contribution in [-0.4, -0.2) is 53.3 Å². The number of benzene rings is 1. The first-order valence-corrected chi connectivity index (χ1v) is 18.0. The number of thioether (sulfide) groups is 1. The monoisotopic (exact) mass is 638 g/mol. The molecule has 3 saturated carbocycles. The highest BCUT2D eigenvalue weighted by atomic mass is 32.2. The summed E-state index contributed by atoms with van der Waals surface area (Å²) in [5, 5.41) is 18.3. The molecule has 1 aromatic carbocycles. The second-order valence-electron chi connectivity index (χ2n) is 15.3. The number of aliphatic hydroxyl groups excluding tert-OH is 1. The Hall–Kier alpha value is -2.16. The highest BCUT2D eigenvalue weighted by Gasteiger charge is 2.65. The third-order valence-electron chi connectivity index (χ3n) is 12.5. The molecule has 5 rings (SSSR count). The van der Waals surface area contributed by atoms with Crippen LogP contribution in [0.4, 0.5) is 5.69 Å². The van der Waals surface area contributed by atoms with E-state index in [0.717, 1.165) is 66.8 Å². The largest absolute Gasteiger partial charge is 0.462 e. The number of carbonyl (C=O) groups is 3. The first kappa shape index (κ1) is 34.2. The minimum atomic E-state index is -0.692. The van der Waals surface area contributed by atoms with Crippen LogP contribution >= 0.6 is 11.8 Å². The Balaban J connectivity index is 1.34. The van der Waals surface area contributed by atoms with Crippen molar-refractivity contribution in [1.82, 2.24) is 5.32 Å². The number of amides is 1.